The first-order valence-corrected chi connectivity index (χ1v) is 12.0. The lowest BCUT2D eigenvalue weighted by Crippen LogP contribution is -2.32. The van der Waals surface area contributed by atoms with Gasteiger partial charge in [-0.3, -0.25) is 14.6 Å². The lowest BCUT2D eigenvalue weighted by molar-refractivity contribution is -0.192. The zero-order chi connectivity index (χ0) is 27.4. The molecule has 9 nitrogen and oxygen atoms in total. The Morgan fingerprint density at radius 1 is 1.16 bits per heavy atom. The number of fused-ring (bicyclic) bond motifs is 1. The average molecular weight is 531 g/mol. The van der Waals surface area contributed by atoms with Crippen LogP contribution in [0.15, 0.2) is 49.1 Å². The fourth-order valence-corrected chi connectivity index (χ4v) is 4.50. The number of aryl methyl sites for hydroxylation is 2. The van der Waals surface area contributed by atoms with Crippen LogP contribution in [0.1, 0.15) is 30.0 Å². The van der Waals surface area contributed by atoms with Crippen molar-refractivity contribution in [3.8, 4) is 17.0 Å². The fraction of sp³-hybridized carbons (Fsp3) is 0.385. The van der Waals surface area contributed by atoms with Crippen molar-refractivity contribution in [3.05, 3.63) is 60.3 Å². The predicted octanol–water partition coefficient (Wildman–Crippen LogP) is 4.39. The van der Waals surface area contributed by atoms with Gasteiger partial charge in [-0.2, -0.15) is 18.3 Å². The molecule has 202 valence electrons. The van der Waals surface area contributed by atoms with Gasteiger partial charge >= 0.3 is 12.1 Å². The van der Waals surface area contributed by atoms with E-state index in [1.165, 1.54) is 11.3 Å². The van der Waals surface area contributed by atoms with Crippen LogP contribution in [0.2, 0.25) is 0 Å². The molecule has 0 unspecified atom stereocenters. The van der Waals surface area contributed by atoms with Crippen molar-refractivity contribution in [1.82, 2.24) is 29.2 Å². The van der Waals surface area contributed by atoms with Gasteiger partial charge in [0.05, 0.1) is 30.8 Å². The van der Waals surface area contributed by atoms with Gasteiger partial charge in [-0.05, 0) is 56.3 Å². The minimum absolute atomic E-state index is 0.460. The van der Waals surface area contributed by atoms with Crippen molar-refractivity contribution in [1.29, 1.82) is 0 Å². The molecule has 1 aliphatic heterocycles. The summed E-state index contributed by atoms with van der Waals surface area (Å²) < 4.78 is 41.0. The summed E-state index contributed by atoms with van der Waals surface area (Å²) in [7, 11) is 5.70. The maximum Gasteiger partial charge on any atom is 0.490 e. The summed E-state index contributed by atoms with van der Waals surface area (Å²) in [6, 6.07) is 10.3. The third-order valence-corrected chi connectivity index (χ3v) is 6.51. The van der Waals surface area contributed by atoms with Crippen LogP contribution in [0.25, 0.3) is 22.3 Å². The number of methoxy groups -OCH3 is 1. The standard InChI is InChI=1S/C24H28N6O.C2HF3O2/c1-28-16-25-24-22(28)12-21(27-23(24)19-4-6-20(31-3)7-5-19)18-8-10-30(11-9-18)15-17-13-26-29(2)14-17;3-2(4,5)1(6)7/h4-7,12-14,16,18H,8-11,15H2,1-3H3;(H,6,7). The van der Waals surface area contributed by atoms with Crippen molar-refractivity contribution >= 4 is 17.0 Å². The van der Waals surface area contributed by atoms with Crippen molar-refractivity contribution in [2.45, 2.75) is 31.5 Å². The minimum atomic E-state index is -5.08. The van der Waals surface area contributed by atoms with Gasteiger partial charge in [-0.15, -0.1) is 0 Å². The number of carboxylic acids is 1. The molecule has 5 rings (SSSR count). The Morgan fingerprint density at radius 3 is 2.37 bits per heavy atom. The minimum Gasteiger partial charge on any atom is -0.497 e. The Labute approximate surface area is 217 Å². The third-order valence-electron chi connectivity index (χ3n) is 6.51. The number of carboxylic acid groups (broad SMARTS) is 1. The highest BCUT2D eigenvalue weighted by Crippen LogP contribution is 2.33. The Morgan fingerprint density at radius 2 is 1.82 bits per heavy atom. The van der Waals surface area contributed by atoms with Crippen LogP contribution in [0.5, 0.6) is 5.75 Å². The molecule has 1 N–H and O–H groups in total. The normalized spacial score (nSPS) is 14.8. The quantitative estimate of drug-likeness (QED) is 0.409. The number of imidazole rings is 1. The largest absolute Gasteiger partial charge is 0.497 e. The van der Waals surface area contributed by atoms with E-state index in [2.05, 4.69) is 43.9 Å². The average Bonchev–Trinajstić information content (AvgIpc) is 3.48. The van der Waals surface area contributed by atoms with Crippen molar-refractivity contribution in [3.63, 3.8) is 0 Å². The Kier molecular flexibility index (Phi) is 8.00. The summed E-state index contributed by atoms with van der Waals surface area (Å²) in [6.07, 6.45) is 3.08. The first-order valence-electron chi connectivity index (χ1n) is 12.0. The number of carbonyl (C=O) groups is 1. The topological polar surface area (TPSA) is 98.3 Å². The number of alkyl halides is 3. The first kappa shape index (κ1) is 27.1. The molecule has 0 spiro atoms. The third kappa shape index (κ3) is 6.31. The second-order valence-electron chi connectivity index (χ2n) is 9.22. The fourth-order valence-electron chi connectivity index (χ4n) is 4.50. The van der Waals surface area contributed by atoms with E-state index in [9.17, 15) is 13.2 Å². The van der Waals surface area contributed by atoms with Gasteiger partial charge in [0, 0.05) is 49.6 Å². The van der Waals surface area contributed by atoms with Gasteiger partial charge in [0.1, 0.15) is 11.3 Å². The summed E-state index contributed by atoms with van der Waals surface area (Å²) in [5.41, 5.74) is 6.55. The molecule has 0 bridgehead atoms. The van der Waals surface area contributed by atoms with E-state index in [0.717, 1.165) is 60.5 Å². The van der Waals surface area contributed by atoms with Gasteiger partial charge in [-0.1, -0.05) is 0 Å². The Bertz CT molecular complexity index is 1390. The highest BCUT2D eigenvalue weighted by molar-refractivity contribution is 5.90. The molecule has 0 saturated carbocycles. The molecule has 0 atom stereocenters. The number of likely N-dealkylation sites (tertiary alicyclic amines) is 1. The smallest absolute Gasteiger partial charge is 0.490 e. The molecule has 0 radical (unpaired) electrons. The van der Waals surface area contributed by atoms with Crippen LogP contribution in [-0.2, 0) is 25.4 Å². The van der Waals surface area contributed by atoms with Crippen LogP contribution >= 0.6 is 0 Å². The number of aliphatic carboxylic acids is 1. The van der Waals surface area contributed by atoms with E-state index in [0.29, 0.717) is 5.92 Å². The highest BCUT2D eigenvalue weighted by atomic mass is 19.4. The van der Waals surface area contributed by atoms with E-state index in [4.69, 9.17) is 19.6 Å². The SMILES string of the molecule is COc1ccc(-c2nc(C3CCN(Cc4cnn(C)c4)CC3)cc3c2ncn3C)cc1.O=C(O)C(F)(F)F. The van der Waals surface area contributed by atoms with Crippen LogP contribution in [-0.4, -0.2) is 66.7 Å². The van der Waals surface area contributed by atoms with E-state index in [-0.39, 0.29) is 0 Å². The van der Waals surface area contributed by atoms with Crippen molar-refractivity contribution in [2.75, 3.05) is 20.2 Å². The number of halogens is 3. The molecular formula is C26H29F3N6O3. The molecule has 12 heteroatoms. The van der Waals surface area contributed by atoms with Crippen LogP contribution in [0.3, 0.4) is 0 Å². The molecule has 1 aromatic carbocycles. The number of nitrogens with zero attached hydrogens (tertiary/aromatic N) is 6. The maximum absolute atomic E-state index is 10.6. The number of benzene rings is 1. The molecule has 3 aromatic heterocycles. The predicted molar refractivity (Wildman–Crippen MR) is 135 cm³/mol. The van der Waals surface area contributed by atoms with Crippen molar-refractivity contribution in [2.24, 2.45) is 14.1 Å². The number of hydrogen-bond donors (Lipinski definition) is 1. The van der Waals surface area contributed by atoms with Gasteiger partial charge < -0.3 is 14.4 Å². The lowest BCUT2D eigenvalue weighted by Gasteiger charge is -2.31. The van der Waals surface area contributed by atoms with E-state index in [1.54, 1.807) is 7.11 Å². The van der Waals surface area contributed by atoms with Crippen LogP contribution < -0.4 is 4.74 Å². The molecule has 0 amide bonds. The first-order chi connectivity index (χ1) is 18.0. The Balaban J connectivity index is 0.000000426. The zero-order valence-electron chi connectivity index (χ0n) is 21.3. The number of rotatable bonds is 5. The van der Waals surface area contributed by atoms with E-state index < -0.39 is 12.1 Å². The second kappa shape index (κ2) is 11.2. The summed E-state index contributed by atoms with van der Waals surface area (Å²) in [6.45, 7) is 3.11. The lowest BCUT2D eigenvalue weighted by atomic mass is 9.92. The summed E-state index contributed by atoms with van der Waals surface area (Å²) >= 11 is 0. The summed E-state index contributed by atoms with van der Waals surface area (Å²) in [5.74, 6) is -1.45. The Hall–Kier alpha value is -3.93. The summed E-state index contributed by atoms with van der Waals surface area (Å²) in [4.78, 5) is 21.2. The molecular weight excluding hydrogens is 501 g/mol. The molecule has 38 heavy (non-hydrogen) atoms. The molecule has 4 aromatic rings. The molecule has 1 aliphatic rings. The molecule has 4 heterocycles. The molecule has 1 fully saturated rings. The van der Waals surface area contributed by atoms with Gasteiger partial charge in [-0.25, -0.2) is 9.78 Å². The van der Waals surface area contributed by atoms with Crippen LogP contribution in [0.4, 0.5) is 13.2 Å². The maximum atomic E-state index is 10.6. The zero-order valence-corrected chi connectivity index (χ0v) is 21.3. The van der Waals surface area contributed by atoms with Crippen LogP contribution in [0, 0.1) is 0 Å². The number of hydrogen-bond acceptors (Lipinski definition) is 6. The van der Waals surface area contributed by atoms with E-state index >= 15 is 0 Å². The monoisotopic (exact) mass is 530 g/mol. The van der Waals surface area contributed by atoms with Gasteiger partial charge in [0.15, 0.2) is 0 Å². The molecule has 0 aliphatic carbocycles. The number of piperidine rings is 1. The number of aromatic nitrogens is 5. The van der Waals surface area contributed by atoms with Crippen molar-refractivity contribution < 1.29 is 27.8 Å². The molecule has 1 saturated heterocycles. The number of ether oxygens (including phenoxy) is 1. The second-order valence-corrected chi connectivity index (χ2v) is 9.22. The number of pyridine rings is 1. The van der Waals surface area contributed by atoms with Gasteiger partial charge in [0.25, 0.3) is 0 Å². The van der Waals surface area contributed by atoms with E-state index in [1.807, 2.05) is 43.4 Å². The van der Waals surface area contributed by atoms with Gasteiger partial charge in [0.2, 0.25) is 0 Å². The highest BCUT2D eigenvalue weighted by Gasteiger charge is 2.38. The summed E-state index contributed by atoms with van der Waals surface area (Å²) in [5, 5.41) is 11.4.